The first-order valence-electron chi connectivity index (χ1n) is 9.20. The number of carbonyl (C=O) groups is 2. The van der Waals surface area contributed by atoms with Gasteiger partial charge in [0.15, 0.2) is 6.61 Å². The zero-order chi connectivity index (χ0) is 21.8. The Hall–Kier alpha value is -2.15. The highest BCUT2D eigenvalue weighted by Gasteiger charge is 2.31. The zero-order valence-electron chi connectivity index (χ0n) is 16.6. The summed E-state index contributed by atoms with van der Waals surface area (Å²) in [6, 6.07) is 5.83. The summed E-state index contributed by atoms with van der Waals surface area (Å²) in [5.41, 5.74) is -1.13. The van der Waals surface area contributed by atoms with Crippen LogP contribution in [0.25, 0.3) is 0 Å². The van der Waals surface area contributed by atoms with Crippen LogP contribution in [0.15, 0.2) is 23.1 Å². The van der Waals surface area contributed by atoms with E-state index in [9.17, 15) is 23.3 Å². The van der Waals surface area contributed by atoms with Crippen LogP contribution in [-0.2, 0) is 19.6 Å². The molecule has 1 atom stereocenters. The smallest absolute Gasteiger partial charge is 0.338 e. The van der Waals surface area contributed by atoms with Crippen LogP contribution in [0.5, 0.6) is 0 Å². The van der Waals surface area contributed by atoms with E-state index in [-0.39, 0.29) is 21.4 Å². The van der Waals surface area contributed by atoms with E-state index in [0.717, 1.165) is 18.9 Å². The summed E-state index contributed by atoms with van der Waals surface area (Å²) in [7, 11) is -3.82. The van der Waals surface area contributed by atoms with Gasteiger partial charge in [0.1, 0.15) is 10.4 Å². The number of sulfonamides is 1. The zero-order valence-corrected chi connectivity index (χ0v) is 18.1. The molecule has 1 unspecified atom stereocenters. The fourth-order valence-corrected chi connectivity index (χ4v) is 4.75. The van der Waals surface area contributed by atoms with Gasteiger partial charge in [-0.3, -0.25) is 4.79 Å². The van der Waals surface area contributed by atoms with Crippen LogP contribution in [0.1, 0.15) is 44.0 Å². The molecule has 0 bridgehead atoms. The van der Waals surface area contributed by atoms with E-state index in [1.54, 1.807) is 20.8 Å². The third-order valence-corrected chi connectivity index (χ3v) is 7.35. The summed E-state index contributed by atoms with van der Waals surface area (Å²) < 4.78 is 31.8. The van der Waals surface area contributed by atoms with Crippen LogP contribution in [0.2, 0.25) is 5.02 Å². The van der Waals surface area contributed by atoms with Gasteiger partial charge in [-0.2, -0.15) is 9.57 Å². The third-order valence-electron chi connectivity index (χ3n) is 4.97. The van der Waals surface area contributed by atoms with E-state index >= 15 is 0 Å². The molecule has 1 aromatic rings. The molecule has 0 radical (unpaired) electrons. The minimum absolute atomic E-state index is 0.00733. The van der Waals surface area contributed by atoms with Crippen molar-refractivity contribution in [3.8, 4) is 6.07 Å². The van der Waals surface area contributed by atoms with Crippen LogP contribution in [-0.4, -0.2) is 49.8 Å². The molecule has 2 rings (SSSR count). The number of ether oxygens (including phenoxy) is 1. The van der Waals surface area contributed by atoms with Gasteiger partial charge in [-0.05, 0) is 43.9 Å². The minimum atomic E-state index is -3.82. The lowest BCUT2D eigenvalue weighted by Gasteiger charge is -2.27. The number of hydrogen-bond donors (Lipinski definition) is 1. The SMILES string of the molecule is CC(C)C(C)(C#N)NC(=O)COC(=O)c1ccc(Cl)c(S(=O)(=O)N2CCCC2)c1. The highest BCUT2D eigenvalue weighted by atomic mass is 35.5. The molecule has 0 spiro atoms. The Morgan fingerprint density at radius 2 is 1.97 bits per heavy atom. The van der Waals surface area contributed by atoms with E-state index in [0.29, 0.717) is 13.1 Å². The molecule has 1 amide bonds. The average molecular weight is 442 g/mol. The number of rotatable bonds is 7. The van der Waals surface area contributed by atoms with Crippen molar-refractivity contribution in [1.29, 1.82) is 5.26 Å². The van der Waals surface area contributed by atoms with Crippen molar-refractivity contribution in [2.75, 3.05) is 19.7 Å². The van der Waals surface area contributed by atoms with Crippen molar-refractivity contribution in [3.05, 3.63) is 28.8 Å². The quantitative estimate of drug-likeness (QED) is 0.649. The van der Waals surface area contributed by atoms with E-state index < -0.39 is 34.0 Å². The van der Waals surface area contributed by atoms with Crippen molar-refractivity contribution in [3.63, 3.8) is 0 Å². The standard InChI is InChI=1S/C19H24ClN3O5S/c1-13(2)19(3,12-21)22-17(24)11-28-18(25)14-6-7-15(20)16(10-14)29(26,27)23-8-4-5-9-23/h6-7,10,13H,4-5,8-9,11H2,1-3H3,(H,22,24). The predicted molar refractivity (Wildman–Crippen MR) is 107 cm³/mol. The van der Waals surface area contributed by atoms with Crippen molar-refractivity contribution in [1.82, 2.24) is 9.62 Å². The maximum Gasteiger partial charge on any atom is 0.338 e. The number of esters is 1. The van der Waals surface area contributed by atoms with E-state index in [4.69, 9.17) is 16.3 Å². The van der Waals surface area contributed by atoms with Crippen molar-refractivity contribution in [2.45, 2.75) is 44.0 Å². The summed E-state index contributed by atoms with van der Waals surface area (Å²) >= 11 is 6.06. The summed E-state index contributed by atoms with van der Waals surface area (Å²) in [6.07, 6.45) is 1.54. The summed E-state index contributed by atoms with van der Waals surface area (Å²) in [5.74, 6) is -1.64. The van der Waals surface area contributed by atoms with Crippen LogP contribution in [0.3, 0.4) is 0 Å². The molecule has 1 heterocycles. The molecule has 0 aliphatic carbocycles. The first-order valence-corrected chi connectivity index (χ1v) is 11.0. The number of carbonyl (C=O) groups excluding carboxylic acids is 2. The number of nitrogens with one attached hydrogen (secondary N) is 1. The van der Waals surface area contributed by atoms with Gasteiger partial charge in [-0.1, -0.05) is 25.4 Å². The predicted octanol–water partition coefficient (Wildman–Crippen LogP) is 2.34. The Labute approximate surface area is 175 Å². The van der Waals surface area contributed by atoms with Crippen molar-refractivity contribution in [2.24, 2.45) is 5.92 Å². The molecule has 1 saturated heterocycles. The molecular weight excluding hydrogens is 418 g/mol. The minimum Gasteiger partial charge on any atom is -0.452 e. The third kappa shape index (κ3) is 5.26. The number of benzene rings is 1. The average Bonchev–Trinajstić information content (AvgIpc) is 3.21. The Balaban J connectivity index is 2.10. The molecule has 0 aromatic heterocycles. The molecule has 0 saturated carbocycles. The monoisotopic (exact) mass is 441 g/mol. The van der Waals surface area contributed by atoms with E-state index in [2.05, 4.69) is 5.32 Å². The van der Waals surface area contributed by atoms with Gasteiger partial charge in [-0.25, -0.2) is 13.2 Å². The molecule has 1 aromatic carbocycles. The molecule has 1 fully saturated rings. The van der Waals surface area contributed by atoms with Crippen molar-refractivity contribution < 1.29 is 22.7 Å². The van der Waals surface area contributed by atoms with Crippen LogP contribution >= 0.6 is 11.6 Å². The van der Waals surface area contributed by atoms with Crippen LogP contribution in [0.4, 0.5) is 0 Å². The molecule has 8 nitrogen and oxygen atoms in total. The first kappa shape index (κ1) is 23.1. The molecular formula is C19H24ClN3O5S. The molecule has 1 aliphatic heterocycles. The second-order valence-electron chi connectivity index (χ2n) is 7.35. The fraction of sp³-hybridized carbons (Fsp3) is 0.526. The Morgan fingerprint density at radius 3 is 2.52 bits per heavy atom. The Bertz CT molecular complexity index is 936. The lowest BCUT2D eigenvalue weighted by Crippen LogP contribution is -2.50. The van der Waals surface area contributed by atoms with Gasteiger partial charge in [0, 0.05) is 13.1 Å². The van der Waals surface area contributed by atoms with E-state index in [1.165, 1.54) is 16.4 Å². The summed E-state index contributed by atoms with van der Waals surface area (Å²) in [4.78, 5) is 24.2. The first-order chi connectivity index (χ1) is 13.5. The molecule has 10 heteroatoms. The molecule has 158 valence electrons. The molecule has 1 aliphatic rings. The molecule has 1 N–H and O–H groups in total. The Morgan fingerprint density at radius 1 is 1.34 bits per heavy atom. The van der Waals surface area contributed by atoms with Gasteiger partial charge in [0.05, 0.1) is 16.7 Å². The lowest BCUT2D eigenvalue weighted by atomic mass is 9.90. The lowest BCUT2D eigenvalue weighted by molar-refractivity contribution is -0.125. The number of halogens is 1. The number of hydrogen-bond acceptors (Lipinski definition) is 6. The normalized spacial score (nSPS) is 16.8. The number of nitrogens with zero attached hydrogens (tertiary/aromatic N) is 2. The van der Waals surface area contributed by atoms with E-state index in [1.807, 2.05) is 6.07 Å². The van der Waals surface area contributed by atoms with Crippen molar-refractivity contribution >= 4 is 33.5 Å². The van der Waals surface area contributed by atoms with Gasteiger partial charge in [-0.15, -0.1) is 0 Å². The highest BCUT2D eigenvalue weighted by molar-refractivity contribution is 7.89. The summed E-state index contributed by atoms with van der Waals surface area (Å²) in [6.45, 7) is 5.35. The highest BCUT2D eigenvalue weighted by Crippen LogP contribution is 2.28. The maximum atomic E-state index is 12.7. The van der Waals surface area contributed by atoms with Crippen LogP contribution in [0, 0.1) is 17.2 Å². The fourth-order valence-electron chi connectivity index (χ4n) is 2.74. The van der Waals surface area contributed by atoms with Gasteiger partial charge in [0.25, 0.3) is 5.91 Å². The topological polar surface area (TPSA) is 117 Å². The number of nitriles is 1. The molecule has 29 heavy (non-hydrogen) atoms. The second-order valence-corrected chi connectivity index (χ2v) is 9.66. The van der Waals surface area contributed by atoms with Gasteiger partial charge in [0.2, 0.25) is 10.0 Å². The Kier molecular flexibility index (Phi) is 7.27. The van der Waals surface area contributed by atoms with Gasteiger partial charge < -0.3 is 10.1 Å². The second kappa shape index (κ2) is 9.11. The van der Waals surface area contributed by atoms with Gasteiger partial charge >= 0.3 is 5.97 Å². The maximum absolute atomic E-state index is 12.7. The summed E-state index contributed by atoms with van der Waals surface area (Å²) in [5, 5.41) is 11.8. The largest absolute Gasteiger partial charge is 0.452 e. The van der Waals surface area contributed by atoms with Crippen LogP contribution < -0.4 is 5.32 Å². The number of amides is 1.